The lowest BCUT2D eigenvalue weighted by atomic mass is 10.1. The van der Waals surface area contributed by atoms with Crippen molar-refractivity contribution in [2.24, 2.45) is 0 Å². The number of sulfonamides is 1. The first-order valence-corrected chi connectivity index (χ1v) is 13.3. The minimum absolute atomic E-state index is 0.136. The lowest BCUT2D eigenvalue weighted by Gasteiger charge is -2.27. The van der Waals surface area contributed by atoms with Crippen LogP contribution in [0, 0.1) is 5.82 Å². The summed E-state index contributed by atoms with van der Waals surface area (Å²) in [6.07, 6.45) is -3.38. The monoisotopic (exact) mass is 619 g/mol. The third kappa shape index (κ3) is 5.68. The summed E-state index contributed by atoms with van der Waals surface area (Å²) >= 11 is 3.28. The Bertz CT molecular complexity index is 1440. The molecule has 8 nitrogen and oxygen atoms in total. The highest BCUT2D eigenvalue weighted by atomic mass is 79.9. The van der Waals surface area contributed by atoms with Gasteiger partial charge in [-0.2, -0.15) is 17.5 Å². The van der Waals surface area contributed by atoms with Crippen molar-refractivity contribution in [3.63, 3.8) is 0 Å². The molecule has 3 atom stereocenters. The predicted octanol–water partition coefficient (Wildman–Crippen LogP) is 4.27. The first-order chi connectivity index (χ1) is 17.8. The number of aromatic nitrogens is 3. The summed E-state index contributed by atoms with van der Waals surface area (Å²) in [5.41, 5.74) is 0.878. The van der Waals surface area contributed by atoms with E-state index in [2.05, 4.69) is 36.2 Å². The molecule has 4 rings (SSSR count). The quantitative estimate of drug-likeness (QED) is 0.413. The van der Waals surface area contributed by atoms with E-state index in [1.165, 1.54) is 19.2 Å². The number of nitrogens with one attached hydrogen (secondary N) is 1. The van der Waals surface area contributed by atoms with Gasteiger partial charge in [0, 0.05) is 41.6 Å². The molecule has 1 saturated heterocycles. The third-order valence-electron chi connectivity index (χ3n) is 5.96. The molecule has 38 heavy (non-hydrogen) atoms. The lowest BCUT2D eigenvalue weighted by molar-refractivity contribution is -0.145. The second-order valence-corrected chi connectivity index (χ2v) is 11.2. The number of alkyl halides is 4. The number of hydrogen-bond acceptors (Lipinski definition) is 6. The smallest absolute Gasteiger partial charge is 0.351 e. The molecular weight excluding hydrogens is 601 g/mol. The molecule has 0 saturated carbocycles. The fraction of sp³-hybridized carbons (Fsp3) is 0.304. The van der Waals surface area contributed by atoms with Crippen molar-refractivity contribution in [2.75, 3.05) is 0 Å². The van der Waals surface area contributed by atoms with Gasteiger partial charge in [-0.3, -0.25) is 9.78 Å². The minimum Gasteiger partial charge on any atom is -0.351 e. The van der Waals surface area contributed by atoms with Crippen LogP contribution in [0.2, 0.25) is 0 Å². The summed E-state index contributed by atoms with van der Waals surface area (Å²) in [5, 5.41) is 2.58. The van der Waals surface area contributed by atoms with Crippen LogP contribution in [0.5, 0.6) is 0 Å². The van der Waals surface area contributed by atoms with Gasteiger partial charge in [-0.25, -0.2) is 27.2 Å². The van der Waals surface area contributed by atoms with Crippen molar-refractivity contribution in [1.29, 1.82) is 0 Å². The van der Waals surface area contributed by atoms with Crippen molar-refractivity contribution in [3.8, 4) is 11.3 Å². The van der Waals surface area contributed by atoms with Crippen molar-refractivity contribution in [2.45, 2.75) is 49.2 Å². The normalized spacial score (nSPS) is 20.4. The molecule has 0 bridgehead atoms. The molecule has 1 amide bonds. The second kappa shape index (κ2) is 10.6. The number of hydrogen-bond donors (Lipinski definition) is 1. The van der Waals surface area contributed by atoms with E-state index in [0.29, 0.717) is 10.0 Å². The first kappa shape index (κ1) is 28.0. The number of rotatable bonds is 6. The molecule has 3 aromatic rings. The van der Waals surface area contributed by atoms with Crippen molar-refractivity contribution < 1.29 is 35.2 Å². The Morgan fingerprint density at radius 3 is 2.37 bits per heavy atom. The van der Waals surface area contributed by atoms with Crippen molar-refractivity contribution in [1.82, 2.24) is 24.6 Å². The molecular formula is C23H19BrF5N5O3S. The van der Waals surface area contributed by atoms with Crippen LogP contribution in [0.4, 0.5) is 22.0 Å². The number of benzene rings is 1. The molecule has 1 aromatic carbocycles. The van der Waals surface area contributed by atoms with E-state index < -0.39 is 52.0 Å². The molecule has 1 N–H and O–H groups in total. The summed E-state index contributed by atoms with van der Waals surface area (Å²) in [6.45, 7) is 1.21. The zero-order valence-electron chi connectivity index (χ0n) is 19.5. The van der Waals surface area contributed by atoms with Crippen LogP contribution in [-0.4, -0.2) is 51.8 Å². The first-order valence-electron chi connectivity index (χ1n) is 11.0. The standard InChI is InChI=1S/C23H19BrF5N5O3S/c1-12-18(26)7-20(34(12)38(36,37)16-4-2-15(25)3-5-16)21(35)31-8-13-6-19(30-11-17(13)24)14-9-32-22(33-10-14)23(27,28)29/h2-6,9-12,18,20H,7-8H2,1H3,(H,31,35). The van der Waals surface area contributed by atoms with Gasteiger partial charge in [-0.15, -0.1) is 0 Å². The fourth-order valence-corrected chi connectivity index (χ4v) is 6.14. The maximum absolute atomic E-state index is 14.6. The summed E-state index contributed by atoms with van der Waals surface area (Å²) in [7, 11) is -4.33. The Labute approximate surface area is 222 Å². The Morgan fingerprint density at radius 1 is 1.13 bits per heavy atom. The van der Waals surface area contributed by atoms with Gasteiger partial charge >= 0.3 is 6.18 Å². The summed E-state index contributed by atoms with van der Waals surface area (Å²) in [4.78, 5) is 23.5. The molecule has 0 spiro atoms. The predicted molar refractivity (Wildman–Crippen MR) is 128 cm³/mol. The summed E-state index contributed by atoms with van der Waals surface area (Å²) in [6, 6.07) is 2.97. The summed E-state index contributed by atoms with van der Waals surface area (Å²) < 4.78 is 93.7. The topological polar surface area (TPSA) is 105 Å². The van der Waals surface area contributed by atoms with Gasteiger partial charge < -0.3 is 5.32 Å². The Morgan fingerprint density at radius 2 is 1.76 bits per heavy atom. The van der Waals surface area contributed by atoms with E-state index in [1.54, 1.807) is 0 Å². The Kier molecular flexibility index (Phi) is 7.81. The number of carbonyl (C=O) groups excluding carboxylic acids is 1. The van der Waals surface area contributed by atoms with Crippen LogP contribution in [-0.2, 0) is 27.5 Å². The third-order valence-corrected chi connectivity index (χ3v) is 8.69. The molecule has 15 heteroatoms. The van der Waals surface area contributed by atoms with Crippen LogP contribution in [0.3, 0.4) is 0 Å². The van der Waals surface area contributed by atoms with E-state index in [-0.39, 0.29) is 29.1 Å². The van der Waals surface area contributed by atoms with Gasteiger partial charge in [-0.1, -0.05) is 0 Å². The average Bonchev–Trinajstić information content (AvgIpc) is 3.18. The zero-order valence-corrected chi connectivity index (χ0v) is 21.9. The molecule has 2 aromatic heterocycles. The number of pyridine rings is 1. The maximum atomic E-state index is 14.6. The molecule has 1 fully saturated rings. The maximum Gasteiger partial charge on any atom is 0.451 e. The zero-order chi connectivity index (χ0) is 27.8. The van der Waals surface area contributed by atoms with Gasteiger partial charge in [0.15, 0.2) is 0 Å². The molecule has 1 aliphatic heterocycles. The fourth-order valence-electron chi connectivity index (χ4n) is 3.98. The number of halogens is 6. The lowest BCUT2D eigenvalue weighted by Crippen LogP contribution is -2.48. The second-order valence-electron chi connectivity index (χ2n) is 8.47. The van der Waals surface area contributed by atoms with E-state index in [4.69, 9.17) is 0 Å². The van der Waals surface area contributed by atoms with E-state index in [0.717, 1.165) is 41.0 Å². The van der Waals surface area contributed by atoms with Gasteiger partial charge in [0.1, 0.15) is 18.0 Å². The summed E-state index contributed by atoms with van der Waals surface area (Å²) in [5.74, 6) is -2.71. The van der Waals surface area contributed by atoms with Crippen LogP contribution >= 0.6 is 15.9 Å². The van der Waals surface area contributed by atoms with Crippen LogP contribution in [0.25, 0.3) is 11.3 Å². The van der Waals surface area contributed by atoms with Crippen molar-refractivity contribution >= 4 is 31.9 Å². The van der Waals surface area contributed by atoms with Crippen LogP contribution < -0.4 is 5.32 Å². The largest absolute Gasteiger partial charge is 0.451 e. The molecule has 0 radical (unpaired) electrons. The number of amides is 1. The molecule has 0 aliphatic carbocycles. The molecule has 202 valence electrons. The SMILES string of the molecule is CC1C(F)CC(C(=O)NCc2cc(-c3cnc(C(F)(F)F)nc3)ncc2Br)N1S(=O)(=O)c1ccc(F)cc1. The van der Waals surface area contributed by atoms with Gasteiger partial charge in [0.05, 0.1) is 16.6 Å². The van der Waals surface area contributed by atoms with E-state index >= 15 is 0 Å². The van der Waals surface area contributed by atoms with E-state index in [9.17, 15) is 35.2 Å². The van der Waals surface area contributed by atoms with E-state index in [1.807, 2.05) is 0 Å². The van der Waals surface area contributed by atoms with Crippen LogP contribution in [0.15, 0.2) is 58.3 Å². The molecule has 1 aliphatic rings. The van der Waals surface area contributed by atoms with Crippen molar-refractivity contribution in [3.05, 3.63) is 70.6 Å². The number of nitrogens with zero attached hydrogens (tertiary/aromatic N) is 4. The van der Waals surface area contributed by atoms with Gasteiger partial charge in [0.2, 0.25) is 21.8 Å². The molecule has 3 heterocycles. The average molecular weight is 620 g/mol. The number of carbonyl (C=O) groups is 1. The van der Waals surface area contributed by atoms with Gasteiger partial charge in [-0.05, 0) is 58.7 Å². The van der Waals surface area contributed by atoms with Gasteiger partial charge in [0.25, 0.3) is 0 Å². The van der Waals surface area contributed by atoms with Crippen LogP contribution in [0.1, 0.15) is 24.7 Å². The Hall–Kier alpha value is -3.04. The highest BCUT2D eigenvalue weighted by molar-refractivity contribution is 9.10. The highest BCUT2D eigenvalue weighted by Crippen LogP contribution is 2.33. The highest BCUT2D eigenvalue weighted by Gasteiger charge is 2.49. The Balaban J connectivity index is 1.53. The molecule has 3 unspecified atom stereocenters. The minimum atomic E-state index is -4.70.